The summed E-state index contributed by atoms with van der Waals surface area (Å²) in [6.45, 7) is 0.451. The average molecular weight is 262 g/mol. The summed E-state index contributed by atoms with van der Waals surface area (Å²) >= 11 is 22.2. The van der Waals surface area contributed by atoms with Crippen LogP contribution in [-0.4, -0.2) is 28.9 Å². The molecule has 0 amide bonds. The van der Waals surface area contributed by atoms with Crippen LogP contribution in [0.1, 0.15) is 0 Å². The summed E-state index contributed by atoms with van der Waals surface area (Å²) in [5.41, 5.74) is 0. The van der Waals surface area contributed by atoms with Crippen LogP contribution in [0.15, 0.2) is 0 Å². The molecule has 0 aliphatic rings. The number of halogens is 5. The summed E-state index contributed by atoms with van der Waals surface area (Å²) in [4.78, 5) is -1.12. The van der Waals surface area contributed by atoms with E-state index in [-0.39, 0.29) is 0 Å². The van der Waals surface area contributed by atoms with Gasteiger partial charge in [-0.2, -0.15) is 0 Å². The maximum absolute atomic E-state index is 13.8. The first-order valence-corrected chi connectivity index (χ1v) is 7.93. The predicted molar refractivity (Wildman–Crippen MR) is 55.7 cm³/mol. The van der Waals surface area contributed by atoms with E-state index in [1.165, 1.54) is 20.0 Å². The Morgan fingerprint density at radius 3 is 1.45 bits per heavy atom. The fourth-order valence-corrected chi connectivity index (χ4v) is 2.97. The second kappa shape index (κ2) is 3.03. The van der Waals surface area contributed by atoms with Gasteiger partial charge in [-0.15, -0.1) is 0 Å². The minimum atomic E-state index is -3.64. The Bertz CT molecular complexity index is 150. The molecule has 70 valence electrons. The number of rotatable bonds is 2. The summed E-state index contributed by atoms with van der Waals surface area (Å²) in [7, 11) is 0. The molecular weight excluding hydrogens is 252 g/mol. The van der Waals surface area contributed by atoms with E-state index in [2.05, 4.69) is 0 Å². The molecule has 11 heavy (non-hydrogen) atoms. The quantitative estimate of drug-likeness (QED) is 0.515. The molecule has 0 saturated carbocycles. The molecule has 0 radical (unpaired) electrons. The van der Waals surface area contributed by atoms with Crippen molar-refractivity contribution in [3.05, 3.63) is 0 Å². The maximum atomic E-state index is 13.8. The second-order valence-corrected chi connectivity index (χ2v) is 12.4. The second-order valence-electron chi connectivity index (χ2n) is 3.49. The molecule has 0 heterocycles. The van der Waals surface area contributed by atoms with Gasteiger partial charge in [0.05, 0.1) is 0 Å². The topological polar surface area (TPSA) is 0 Å². The zero-order valence-corrected chi connectivity index (χ0v) is 10.3. The van der Waals surface area contributed by atoms with Crippen LogP contribution in [0, 0.1) is 0 Å². The van der Waals surface area contributed by atoms with E-state index in [1.807, 2.05) is 0 Å². The number of hydrogen-bond acceptors (Lipinski definition) is 0. The van der Waals surface area contributed by atoms with Crippen molar-refractivity contribution in [3.63, 3.8) is 0 Å². The molecule has 0 aromatic carbocycles. The molecule has 0 atom stereocenters. The van der Waals surface area contributed by atoms with Crippen molar-refractivity contribution in [2.24, 2.45) is 0 Å². The first-order chi connectivity index (χ1) is 4.46. The van der Waals surface area contributed by atoms with Gasteiger partial charge >= 0.3 is 86.4 Å². The van der Waals surface area contributed by atoms with Crippen LogP contribution in [-0.2, 0) is 0 Å². The van der Waals surface area contributed by atoms with E-state index in [0.717, 1.165) is 0 Å². The third-order valence-electron chi connectivity index (χ3n) is 1.27. The van der Waals surface area contributed by atoms with Crippen molar-refractivity contribution < 1.29 is 4.20 Å². The van der Waals surface area contributed by atoms with Gasteiger partial charge in [-0.3, -0.25) is 0 Å². The molecule has 0 unspecified atom stereocenters. The van der Waals surface area contributed by atoms with Crippen molar-refractivity contribution in [2.45, 2.75) is 8.91 Å². The van der Waals surface area contributed by atoms with Crippen molar-refractivity contribution >= 4 is 53.3 Å². The van der Waals surface area contributed by atoms with E-state index < -0.39 is 15.8 Å². The fraction of sp³-hybridized carbons (Fsp3) is 1.00. The van der Waals surface area contributed by atoms with E-state index >= 15 is 0 Å². The van der Waals surface area contributed by atoms with E-state index in [0.29, 0.717) is 0 Å². The van der Waals surface area contributed by atoms with Gasteiger partial charge in [-0.25, -0.2) is 0 Å². The Balaban J connectivity index is 4.85. The van der Waals surface area contributed by atoms with Gasteiger partial charge in [0.2, 0.25) is 0 Å². The Morgan fingerprint density at radius 2 is 1.45 bits per heavy atom. The van der Waals surface area contributed by atoms with Crippen molar-refractivity contribution in [3.8, 4) is 0 Å². The summed E-state index contributed by atoms with van der Waals surface area (Å²) in [5.74, 6) is 0. The monoisotopic (exact) mass is 260 g/mol. The van der Waals surface area contributed by atoms with Gasteiger partial charge in [0.15, 0.2) is 0 Å². The first kappa shape index (κ1) is 12.5. The molecule has 0 bridgehead atoms. The van der Waals surface area contributed by atoms with Crippen LogP contribution in [0.4, 0.5) is 4.20 Å². The van der Waals surface area contributed by atoms with Gasteiger partial charge in [0, 0.05) is 0 Å². The van der Waals surface area contributed by atoms with Gasteiger partial charge in [-0.1, -0.05) is 0 Å². The SMILES string of the molecule is CP(C)(C)(F)C(Cl)(Cl)C(Cl)Cl. The summed E-state index contributed by atoms with van der Waals surface area (Å²) in [6.07, 6.45) is 0. The van der Waals surface area contributed by atoms with Crippen molar-refractivity contribution in [1.82, 2.24) is 0 Å². The minimum absolute atomic E-state index is 1.12. The molecule has 0 nitrogen and oxygen atoms in total. The number of alkyl halides is 4. The molecule has 0 aliphatic heterocycles. The average Bonchev–Trinajstić information content (AvgIpc) is 1.59. The van der Waals surface area contributed by atoms with E-state index in [1.54, 1.807) is 0 Å². The van der Waals surface area contributed by atoms with Gasteiger partial charge in [-0.05, 0) is 0 Å². The summed E-state index contributed by atoms with van der Waals surface area (Å²) < 4.78 is 12.1. The van der Waals surface area contributed by atoms with Crippen LogP contribution in [0.25, 0.3) is 0 Å². The summed E-state index contributed by atoms with van der Waals surface area (Å²) in [5, 5.41) is 0. The van der Waals surface area contributed by atoms with Crippen molar-refractivity contribution in [1.29, 1.82) is 0 Å². The molecule has 0 aromatic heterocycles. The first-order valence-electron chi connectivity index (χ1n) is 2.84. The molecule has 0 rings (SSSR count). The standard InChI is InChI=1S/C5H10Cl4FP/c1-11(2,3,10)5(8,9)4(6)7/h4H,1-3H3. The molecule has 0 spiro atoms. The van der Waals surface area contributed by atoms with Crippen LogP contribution >= 0.6 is 53.3 Å². The van der Waals surface area contributed by atoms with Gasteiger partial charge in [0.25, 0.3) is 0 Å². The van der Waals surface area contributed by atoms with E-state index in [9.17, 15) is 4.20 Å². The Hall–Kier alpha value is 1.52. The van der Waals surface area contributed by atoms with Crippen LogP contribution in [0.5, 0.6) is 0 Å². The van der Waals surface area contributed by atoms with Crippen LogP contribution in [0.3, 0.4) is 0 Å². The molecular formula is C5H10Cl4FP. The molecule has 0 aromatic rings. The molecule has 6 heteroatoms. The third-order valence-corrected chi connectivity index (χ3v) is 8.81. The molecule has 0 fully saturated rings. The molecule has 0 N–H and O–H groups in total. The van der Waals surface area contributed by atoms with Crippen LogP contribution < -0.4 is 0 Å². The zero-order valence-electron chi connectivity index (χ0n) is 6.41. The van der Waals surface area contributed by atoms with Crippen LogP contribution in [0.2, 0.25) is 0 Å². The van der Waals surface area contributed by atoms with Gasteiger partial charge < -0.3 is 0 Å². The number of hydrogen-bond donors (Lipinski definition) is 0. The third kappa shape index (κ3) is 2.74. The normalized spacial score (nSPS) is 18.1. The van der Waals surface area contributed by atoms with E-state index in [4.69, 9.17) is 46.4 Å². The predicted octanol–water partition coefficient (Wildman–Crippen LogP) is 4.25. The van der Waals surface area contributed by atoms with Gasteiger partial charge in [0.1, 0.15) is 0 Å². The molecule has 0 saturated heterocycles. The fourth-order valence-electron chi connectivity index (χ4n) is 0.330. The Labute approximate surface area is 86.4 Å². The Kier molecular flexibility index (Phi) is 3.45. The zero-order chi connectivity index (χ0) is 9.52. The Morgan fingerprint density at radius 1 is 1.18 bits per heavy atom. The van der Waals surface area contributed by atoms with Crippen molar-refractivity contribution in [2.75, 3.05) is 20.0 Å². The molecule has 0 aliphatic carbocycles. The summed E-state index contributed by atoms with van der Waals surface area (Å²) in [6, 6.07) is 0.